The molecule has 0 atom stereocenters. The van der Waals surface area contributed by atoms with Gasteiger partial charge in [0.15, 0.2) is 5.82 Å². The molecule has 116 valence electrons. The lowest BCUT2D eigenvalue weighted by Gasteiger charge is -2.09. The number of carbonyl (C=O) groups excluding carboxylic acids is 1. The molecular weight excluding hydrogens is 335 g/mol. The zero-order valence-corrected chi connectivity index (χ0v) is 13.4. The van der Waals surface area contributed by atoms with Crippen molar-refractivity contribution in [2.24, 2.45) is 0 Å². The minimum Gasteiger partial charge on any atom is -0.323 e. The van der Waals surface area contributed by atoms with Gasteiger partial charge in [-0.05, 0) is 24.3 Å². The molecule has 3 rings (SSSR count). The summed E-state index contributed by atoms with van der Waals surface area (Å²) in [5.41, 5.74) is 1.27. The second-order valence-electron chi connectivity index (χ2n) is 4.75. The Bertz CT molecular complexity index is 847. The van der Waals surface area contributed by atoms with Gasteiger partial charge in [0.05, 0.1) is 15.7 Å². The predicted octanol–water partition coefficient (Wildman–Crippen LogP) is 3.89. The van der Waals surface area contributed by atoms with Crippen LogP contribution in [0.25, 0.3) is 11.4 Å². The van der Waals surface area contributed by atoms with E-state index in [1.807, 2.05) is 18.2 Å². The number of hydrogen-bond donors (Lipinski definition) is 1. The number of carbonyl (C=O) groups is 1. The Labute approximate surface area is 142 Å². The van der Waals surface area contributed by atoms with Gasteiger partial charge in [0.25, 0.3) is 0 Å². The molecule has 7 heteroatoms. The number of aromatic nitrogens is 3. The van der Waals surface area contributed by atoms with Gasteiger partial charge in [-0.15, -0.1) is 0 Å². The summed E-state index contributed by atoms with van der Waals surface area (Å²) in [5.74, 6) is 0.279. The fourth-order valence-electron chi connectivity index (χ4n) is 2.12. The number of anilines is 1. The smallest absolute Gasteiger partial charge is 0.246 e. The summed E-state index contributed by atoms with van der Waals surface area (Å²) in [4.78, 5) is 16.4. The van der Waals surface area contributed by atoms with Crippen LogP contribution < -0.4 is 5.32 Å². The van der Waals surface area contributed by atoms with Gasteiger partial charge >= 0.3 is 0 Å². The zero-order valence-electron chi connectivity index (χ0n) is 11.9. The monoisotopic (exact) mass is 346 g/mol. The Morgan fingerprint density at radius 2 is 1.74 bits per heavy atom. The minimum atomic E-state index is -0.253. The molecule has 0 spiro atoms. The molecule has 0 aliphatic heterocycles. The molecule has 0 aliphatic rings. The molecule has 1 amide bonds. The van der Waals surface area contributed by atoms with Crippen molar-refractivity contribution in [2.45, 2.75) is 6.54 Å². The molecule has 23 heavy (non-hydrogen) atoms. The summed E-state index contributed by atoms with van der Waals surface area (Å²) >= 11 is 12.2. The van der Waals surface area contributed by atoms with Gasteiger partial charge in [-0.25, -0.2) is 9.67 Å². The van der Waals surface area contributed by atoms with Gasteiger partial charge in [0.2, 0.25) is 5.91 Å². The van der Waals surface area contributed by atoms with Gasteiger partial charge in [0.1, 0.15) is 12.9 Å². The van der Waals surface area contributed by atoms with Crippen molar-refractivity contribution in [2.75, 3.05) is 5.32 Å². The molecule has 0 fully saturated rings. The Kier molecular flexibility index (Phi) is 4.60. The van der Waals surface area contributed by atoms with E-state index in [1.165, 1.54) is 11.0 Å². The van der Waals surface area contributed by atoms with Crippen LogP contribution in [0.2, 0.25) is 10.0 Å². The molecule has 5 nitrogen and oxygen atoms in total. The van der Waals surface area contributed by atoms with Crippen LogP contribution in [-0.4, -0.2) is 20.7 Å². The SMILES string of the molecule is O=C(Cn1ncnc1-c1ccccc1Cl)Nc1ccccc1Cl. The van der Waals surface area contributed by atoms with Gasteiger partial charge in [-0.3, -0.25) is 4.79 Å². The second kappa shape index (κ2) is 6.81. The first-order valence-electron chi connectivity index (χ1n) is 6.82. The third-order valence-corrected chi connectivity index (χ3v) is 3.83. The predicted molar refractivity (Wildman–Crippen MR) is 90.5 cm³/mol. The third kappa shape index (κ3) is 3.52. The highest BCUT2D eigenvalue weighted by atomic mass is 35.5. The van der Waals surface area contributed by atoms with Gasteiger partial charge in [-0.1, -0.05) is 47.5 Å². The van der Waals surface area contributed by atoms with Crippen LogP contribution >= 0.6 is 23.2 Å². The number of hydrogen-bond acceptors (Lipinski definition) is 3. The minimum absolute atomic E-state index is 0.00573. The van der Waals surface area contributed by atoms with Crippen LogP contribution in [0.4, 0.5) is 5.69 Å². The number of amides is 1. The van der Waals surface area contributed by atoms with Crippen LogP contribution in [-0.2, 0) is 11.3 Å². The highest BCUT2D eigenvalue weighted by molar-refractivity contribution is 6.33. The maximum absolute atomic E-state index is 12.2. The first kappa shape index (κ1) is 15.5. The highest BCUT2D eigenvalue weighted by Crippen LogP contribution is 2.25. The van der Waals surface area contributed by atoms with E-state index in [-0.39, 0.29) is 12.5 Å². The maximum Gasteiger partial charge on any atom is 0.246 e. The lowest BCUT2D eigenvalue weighted by Crippen LogP contribution is -2.20. The molecule has 0 bridgehead atoms. The number of halogens is 2. The first-order valence-corrected chi connectivity index (χ1v) is 7.58. The normalized spacial score (nSPS) is 10.5. The first-order chi connectivity index (χ1) is 11.1. The van der Waals surface area contributed by atoms with Crippen molar-refractivity contribution in [1.29, 1.82) is 0 Å². The summed E-state index contributed by atoms with van der Waals surface area (Å²) in [7, 11) is 0. The number of nitrogens with zero attached hydrogens (tertiary/aromatic N) is 3. The van der Waals surface area contributed by atoms with Crippen LogP contribution in [0, 0.1) is 0 Å². The van der Waals surface area contributed by atoms with Crippen LogP contribution in [0.5, 0.6) is 0 Å². The van der Waals surface area contributed by atoms with Crippen LogP contribution in [0.1, 0.15) is 0 Å². The topological polar surface area (TPSA) is 59.8 Å². The quantitative estimate of drug-likeness (QED) is 0.779. The van der Waals surface area contributed by atoms with E-state index in [9.17, 15) is 4.79 Å². The average molecular weight is 347 g/mol. The van der Waals surface area contributed by atoms with E-state index >= 15 is 0 Å². The molecule has 1 N–H and O–H groups in total. The second-order valence-corrected chi connectivity index (χ2v) is 5.56. The standard InChI is InChI=1S/C16H12Cl2N4O/c17-12-6-2-1-5-11(12)16-19-10-20-22(16)9-15(23)21-14-8-4-3-7-13(14)18/h1-8,10H,9H2,(H,21,23). The van der Waals surface area contributed by atoms with Crippen molar-refractivity contribution in [3.05, 3.63) is 64.9 Å². The van der Waals surface area contributed by atoms with E-state index in [0.29, 0.717) is 21.6 Å². The molecule has 1 heterocycles. The summed E-state index contributed by atoms with van der Waals surface area (Å²) in [6.45, 7) is 0.00573. The van der Waals surface area contributed by atoms with Crippen molar-refractivity contribution < 1.29 is 4.79 Å². The van der Waals surface area contributed by atoms with E-state index in [4.69, 9.17) is 23.2 Å². The van der Waals surface area contributed by atoms with Crippen molar-refractivity contribution in [1.82, 2.24) is 14.8 Å². The van der Waals surface area contributed by atoms with E-state index in [2.05, 4.69) is 15.4 Å². The van der Waals surface area contributed by atoms with E-state index in [0.717, 1.165) is 5.56 Å². The van der Waals surface area contributed by atoms with Crippen molar-refractivity contribution >= 4 is 34.8 Å². The number of nitrogens with one attached hydrogen (secondary N) is 1. The van der Waals surface area contributed by atoms with Gasteiger partial charge in [-0.2, -0.15) is 5.10 Å². The van der Waals surface area contributed by atoms with Gasteiger partial charge < -0.3 is 5.32 Å². The van der Waals surface area contributed by atoms with Crippen LogP contribution in [0.3, 0.4) is 0 Å². The maximum atomic E-state index is 12.2. The Morgan fingerprint density at radius 1 is 1.04 bits per heavy atom. The molecule has 0 aliphatic carbocycles. The molecule has 3 aromatic rings. The van der Waals surface area contributed by atoms with Crippen molar-refractivity contribution in [3.63, 3.8) is 0 Å². The molecule has 2 aromatic carbocycles. The summed E-state index contributed by atoms with van der Waals surface area (Å²) in [5, 5.41) is 7.87. The lowest BCUT2D eigenvalue weighted by atomic mass is 10.2. The van der Waals surface area contributed by atoms with Crippen LogP contribution in [0.15, 0.2) is 54.9 Å². The molecule has 0 saturated heterocycles. The molecule has 0 unspecified atom stereocenters. The Balaban J connectivity index is 1.80. The van der Waals surface area contributed by atoms with Gasteiger partial charge in [0, 0.05) is 5.56 Å². The van der Waals surface area contributed by atoms with E-state index in [1.54, 1.807) is 30.3 Å². The largest absolute Gasteiger partial charge is 0.323 e. The number of rotatable bonds is 4. The highest BCUT2D eigenvalue weighted by Gasteiger charge is 2.14. The molecular formula is C16H12Cl2N4O. The number of benzene rings is 2. The summed E-state index contributed by atoms with van der Waals surface area (Å²) in [6, 6.07) is 14.3. The fourth-order valence-corrected chi connectivity index (χ4v) is 2.52. The number of para-hydroxylation sites is 1. The molecule has 0 saturated carbocycles. The van der Waals surface area contributed by atoms with Crippen molar-refractivity contribution in [3.8, 4) is 11.4 Å². The Hall–Kier alpha value is -2.37. The Morgan fingerprint density at radius 3 is 2.48 bits per heavy atom. The average Bonchev–Trinajstić information content (AvgIpc) is 2.98. The summed E-state index contributed by atoms with van der Waals surface area (Å²) in [6.07, 6.45) is 1.39. The van der Waals surface area contributed by atoms with E-state index < -0.39 is 0 Å². The molecule has 0 radical (unpaired) electrons. The lowest BCUT2D eigenvalue weighted by molar-refractivity contribution is -0.116. The third-order valence-electron chi connectivity index (χ3n) is 3.17. The molecule has 1 aromatic heterocycles. The fraction of sp³-hybridized carbons (Fsp3) is 0.0625. The zero-order chi connectivity index (χ0) is 16.2. The summed E-state index contributed by atoms with van der Waals surface area (Å²) < 4.78 is 1.49.